The second-order valence-electron chi connectivity index (χ2n) is 6.22. The van der Waals surface area contributed by atoms with E-state index in [1.165, 1.54) is 11.1 Å². The summed E-state index contributed by atoms with van der Waals surface area (Å²) in [6.07, 6.45) is 2.18. The quantitative estimate of drug-likeness (QED) is 0.320. The normalized spacial score (nSPS) is 11.1. The molecule has 0 aliphatic heterocycles. The second kappa shape index (κ2) is 6.94. The van der Waals surface area contributed by atoms with E-state index >= 15 is 0 Å². The first kappa shape index (κ1) is 15.6. The van der Waals surface area contributed by atoms with Gasteiger partial charge in [0.2, 0.25) is 0 Å². The number of fused-ring (bicyclic) bond motifs is 2. The van der Waals surface area contributed by atoms with Crippen molar-refractivity contribution in [3.63, 3.8) is 0 Å². The minimum atomic E-state index is 0.733. The Morgan fingerprint density at radius 1 is 0.800 bits per heavy atom. The van der Waals surface area contributed by atoms with Gasteiger partial charge in [0.05, 0.1) is 23.0 Å². The van der Waals surface area contributed by atoms with Crippen LogP contribution in [0.3, 0.4) is 0 Å². The first-order valence-electron chi connectivity index (χ1n) is 8.88. The monoisotopic (exact) mass is 327 g/mol. The molecule has 0 atom stereocenters. The highest BCUT2D eigenvalue weighted by atomic mass is 16.5. The minimum absolute atomic E-state index is 0.733. The number of aromatic nitrogens is 1. The van der Waals surface area contributed by atoms with Crippen LogP contribution in [-0.4, -0.2) is 11.6 Å². The molecule has 0 aliphatic rings. The maximum absolute atomic E-state index is 6.13. The summed E-state index contributed by atoms with van der Waals surface area (Å²) in [7, 11) is 0. The number of hydrogen-bond acceptors (Lipinski definition) is 2. The average molecular weight is 327 g/mol. The molecule has 1 aromatic heterocycles. The first-order chi connectivity index (χ1) is 12.4. The number of ether oxygens (including phenoxy) is 1. The van der Waals surface area contributed by atoms with Gasteiger partial charge in [-0.3, -0.25) is 0 Å². The zero-order chi connectivity index (χ0) is 17.1. The van der Waals surface area contributed by atoms with Crippen molar-refractivity contribution in [1.29, 1.82) is 0 Å². The Bertz CT molecular complexity index is 1010. The molecule has 0 spiro atoms. The molecule has 0 N–H and O–H groups in total. The second-order valence-corrected chi connectivity index (χ2v) is 6.22. The molecule has 0 bridgehead atoms. The third kappa shape index (κ3) is 2.96. The number of hydrogen-bond donors (Lipinski definition) is 0. The van der Waals surface area contributed by atoms with Crippen LogP contribution in [0.2, 0.25) is 0 Å². The minimum Gasteiger partial charge on any atom is -0.493 e. The summed E-state index contributed by atoms with van der Waals surface area (Å²) < 4.78 is 6.13. The number of unbranched alkanes of at least 4 members (excludes halogenated alkanes) is 1. The van der Waals surface area contributed by atoms with Gasteiger partial charge in [0.25, 0.3) is 0 Å². The topological polar surface area (TPSA) is 22.1 Å². The van der Waals surface area contributed by atoms with Gasteiger partial charge in [-0.05, 0) is 30.2 Å². The molecule has 4 aromatic rings. The zero-order valence-electron chi connectivity index (χ0n) is 14.4. The Morgan fingerprint density at radius 2 is 1.56 bits per heavy atom. The predicted molar refractivity (Wildman–Crippen MR) is 105 cm³/mol. The van der Waals surface area contributed by atoms with Gasteiger partial charge in [-0.2, -0.15) is 0 Å². The van der Waals surface area contributed by atoms with E-state index in [9.17, 15) is 0 Å². The summed E-state index contributed by atoms with van der Waals surface area (Å²) in [5.74, 6) is 0.919. The Labute approximate surface area is 148 Å². The number of rotatable bonds is 5. The molecule has 0 unspecified atom stereocenters. The lowest BCUT2D eigenvalue weighted by atomic mass is 9.95. The van der Waals surface area contributed by atoms with E-state index in [0.29, 0.717) is 0 Å². The van der Waals surface area contributed by atoms with Crippen molar-refractivity contribution >= 4 is 21.8 Å². The van der Waals surface area contributed by atoms with Crippen LogP contribution in [0.1, 0.15) is 19.8 Å². The summed E-state index contributed by atoms with van der Waals surface area (Å²) >= 11 is 0. The van der Waals surface area contributed by atoms with Gasteiger partial charge in [0.15, 0.2) is 0 Å². The van der Waals surface area contributed by atoms with E-state index in [2.05, 4.69) is 61.5 Å². The molecule has 0 fully saturated rings. The Morgan fingerprint density at radius 3 is 2.40 bits per heavy atom. The highest BCUT2D eigenvalue weighted by molar-refractivity contribution is 6.11. The summed E-state index contributed by atoms with van der Waals surface area (Å²) in [5.41, 5.74) is 4.39. The maximum atomic E-state index is 6.13. The van der Waals surface area contributed by atoms with Crippen LogP contribution in [0, 0.1) is 0 Å². The Kier molecular flexibility index (Phi) is 4.34. The van der Waals surface area contributed by atoms with E-state index in [1.807, 2.05) is 18.2 Å². The van der Waals surface area contributed by atoms with Gasteiger partial charge >= 0.3 is 0 Å². The molecule has 1 heterocycles. The Balaban J connectivity index is 2.04. The number of para-hydroxylation sites is 1. The highest BCUT2D eigenvalue weighted by Crippen LogP contribution is 2.39. The molecule has 0 saturated carbocycles. The van der Waals surface area contributed by atoms with E-state index in [0.717, 1.165) is 47.0 Å². The van der Waals surface area contributed by atoms with Crippen molar-refractivity contribution in [3.05, 3.63) is 72.8 Å². The smallest absolute Gasteiger partial charge is 0.129 e. The summed E-state index contributed by atoms with van der Waals surface area (Å²) in [6, 6.07) is 25.0. The van der Waals surface area contributed by atoms with Gasteiger partial charge < -0.3 is 4.74 Å². The van der Waals surface area contributed by atoms with Crippen LogP contribution in [-0.2, 0) is 0 Å². The summed E-state index contributed by atoms with van der Waals surface area (Å²) in [6.45, 7) is 2.91. The van der Waals surface area contributed by atoms with Crippen LogP contribution in [0.4, 0.5) is 0 Å². The van der Waals surface area contributed by atoms with Crippen molar-refractivity contribution in [3.8, 4) is 16.9 Å². The van der Waals surface area contributed by atoms with Crippen molar-refractivity contribution in [2.75, 3.05) is 6.61 Å². The fourth-order valence-electron chi connectivity index (χ4n) is 3.26. The number of pyridine rings is 1. The predicted octanol–water partition coefficient (Wildman–Crippen LogP) is 6.23. The lowest BCUT2D eigenvalue weighted by Crippen LogP contribution is -1.99. The molecular formula is C23H21NO. The van der Waals surface area contributed by atoms with Crippen LogP contribution in [0.5, 0.6) is 5.75 Å². The van der Waals surface area contributed by atoms with Gasteiger partial charge in [-0.1, -0.05) is 67.9 Å². The molecule has 0 amide bonds. The van der Waals surface area contributed by atoms with E-state index < -0.39 is 0 Å². The van der Waals surface area contributed by atoms with E-state index in [4.69, 9.17) is 9.72 Å². The first-order valence-corrected chi connectivity index (χ1v) is 8.88. The molecule has 0 aliphatic carbocycles. The summed E-state index contributed by atoms with van der Waals surface area (Å²) in [5, 5.41) is 2.26. The van der Waals surface area contributed by atoms with Gasteiger partial charge in [-0.15, -0.1) is 0 Å². The number of benzene rings is 3. The van der Waals surface area contributed by atoms with Gasteiger partial charge in [-0.25, -0.2) is 4.98 Å². The standard InChI is InChI=1S/C23H21NO/c1-2-3-16-25-21-15-9-14-20-23(21)22(17-10-5-4-6-11-17)18-12-7-8-13-19(18)24-20/h4-15H,2-3,16H2,1H3. The van der Waals surface area contributed by atoms with Crippen LogP contribution in [0.15, 0.2) is 72.8 Å². The fraction of sp³-hybridized carbons (Fsp3) is 0.174. The van der Waals surface area contributed by atoms with Gasteiger partial charge in [0.1, 0.15) is 5.75 Å². The highest BCUT2D eigenvalue weighted by Gasteiger charge is 2.14. The van der Waals surface area contributed by atoms with Crippen molar-refractivity contribution in [2.24, 2.45) is 0 Å². The molecule has 2 heteroatoms. The molecule has 2 nitrogen and oxygen atoms in total. The number of nitrogens with zero attached hydrogens (tertiary/aromatic N) is 1. The molecular weight excluding hydrogens is 306 g/mol. The zero-order valence-corrected chi connectivity index (χ0v) is 14.4. The van der Waals surface area contributed by atoms with Crippen molar-refractivity contribution in [1.82, 2.24) is 4.98 Å². The van der Waals surface area contributed by atoms with Crippen LogP contribution >= 0.6 is 0 Å². The maximum Gasteiger partial charge on any atom is 0.129 e. The lowest BCUT2D eigenvalue weighted by Gasteiger charge is -2.15. The molecule has 3 aromatic carbocycles. The largest absolute Gasteiger partial charge is 0.493 e. The van der Waals surface area contributed by atoms with Crippen molar-refractivity contribution < 1.29 is 4.74 Å². The van der Waals surface area contributed by atoms with Crippen molar-refractivity contribution in [2.45, 2.75) is 19.8 Å². The molecule has 0 saturated heterocycles. The molecule has 0 radical (unpaired) electrons. The average Bonchev–Trinajstić information content (AvgIpc) is 2.67. The van der Waals surface area contributed by atoms with E-state index in [-0.39, 0.29) is 0 Å². The third-order valence-electron chi connectivity index (χ3n) is 4.49. The summed E-state index contributed by atoms with van der Waals surface area (Å²) in [4.78, 5) is 4.87. The van der Waals surface area contributed by atoms with Gasteiger partial charge in [0, 0.05) is 10.9 Å². The Hall–Kier alpha value is -2.87. The third-order valence-corrected chi connectivity index (χ3v) is 4.49. The SMILES string of the molecule is CCCCOc1cccc2nc3ccccc3c(-c3ccccc3)c12. The lowest BCUT2D eigenvalue weighted by molar-refractivity contribution is 0.313. The molecule has 124 valence electrons. The molecule has 4 rings (SSSR count). The molecule has 25 heavy (non-hydrogen) atoms. The van der Waals surface area contributed by atoms with E-state index in [1.54, 1.807) is 0 Å². The fourth-order valence-corrected chi connectivity index (χ4v) is 3.26. The van der Waals surface area contributed by atoms with Crippen LogP contribution in [0.25, 0.3) is 32.9 Å². The van der Waals surface area contributed by atoms with Crippen LogP contribution < -0.4 is 4.74 Å².